The molecule has 0 bridgehead atoms. The molecule has 0 saturated carbocycles. The van der Waals surface area contributed by atoms with Gasteiger partial charge in [-0.2, -0.15) is 15.9 Å². The van der Waals surface area contributed by atoms with Gasteiger partial charge in [0.25, 0.3) is 0 Å². The first kappa shape index (κ1) is 15.4. The predicted octanol–water partition coefficient (Wildman–Crippen LogP) is 3.93. The first-order valence-corrected chi connectivity index (χ1v) is 8.03. The van der Waals surface area contributed by atoms with Crippen LogP contribution < -0.4 is 4.74 Å². The monoisotopic (exact) mass is 337 g/mol. The van der Waals surface area contributed by atoms with Crippen molar-refractivity contribution in [2.45, 2.75) is 4.90 Å². The van der Waals surface area contributed by atoms with E-state index in [9.17, 15) is 22.7 Å². The summed E-state index contributed by atoms with van der Waals surface area (Å²) in [6, 6.07) is 7.22. The van der Waals surface area contributed by atoms with Gasteiger partial charge in [0.15, 0.2) is 17.3 Å². The summed E-state index contributed by atoms with van der Waals surface area (Å²) in [5, 5.41) is 8.78. The maximum atomic E-state index is 14.4. The number of ether oxygens (including phenoxy) is 1. The van der Waals surface area contributed by atoms with Gasteiger partial charge < -0.3 is 4.74 Å². The van der Waals surface area contributed by atoms with E-state index in [2.05, 4.69) is 0 Å². The van der Waals surface area contributed by atoms with Crippen LogP contribution in [0.4, 0.5) is 8.78 Å². The lowest BCUT2D eigenvalue weighted by molar-refractivity contribution is 0.101. The minimum absolute atomic E-state index is 0.00757. The van der Waals surface area contributed by atoms with Gasteiger partial charge in [-0.15, -0.1) is 0 Å². The lowest BCUT2D eigenvalue weighted by Crippen LogP contribution is -2.02. The molecule has 5 nitrogen and oxygen atoms in total. The first-order chi connectivity index (χ1) is 10.8. The van der Waals surface area contributed by atoms with E-state index in [0.29, 0.717) is 0 Å². The molecule has 23 heavy (non-hydrogen) atoms. The SMILES string of the molecule is N#Cc1cc(F)cc(Oc2ccc3c(c2F)C(=O)CS3(O)O)c1. The lowest BCUT2D eigenvalue weighted by Gasteiger charge is -2.26. The zero-order chi connectivity index (χ0) is 16.8. The smallest absolute Gasteiger partial charge is 0.187 e. The second-order valence-corrected chi connectivity index (χ2v) is 6.94. The summed E-state index contributed by atoms with van der Waals surface area (Å²) >= 11 is 0. The standard InChI is InChI=1S/C15H9F2NO4S/c16-9-3-8(6-18)4-10(5-9)22-12-1-2-13-14(15(12)17)11(19)7-23(13,20)21/h1-5,20-21H,7H2. The number of nitriles is 1. The number of rotatable bonds is 2. The van der Waals surface area contributed by atoms with Gasteiger partial charge in [-0.25, -0.2) is 8.78 Å². The van der Waals surface area contributed by atoms with Gasteiger partial charge in [0, 0.05) is 6.07 Å². The summed E-state index contributed by atoms with van der Waals surface area (Å²) in [7, 11) is -3.33. The third-order valence-corrected chi connectivity index (χ3v) is 4.97. The van der Waals surface area contributed by atoms with Crippen molar-refractivity contribution in [3.63, 3.8) is 0 Å². The Morgan fingerprint density at radius 3 is 2.65 bits per heavy atom. The highest BCUT2D eigenvalue weighted by Gasteiger charge is 2.37. The van der Waals surface area contributed by atoms with Crippen LogP contribution in [-0.2, 0) is 0 Å². The van der Waals surface area contributed by atoms with Crippen LogP contribution in [0.1, 0.15) is 15.9 Å². The van der Waals surface area contributed by atoms with Crippen LogP contribution >= 0.6 is 10.6 Å². The second kappa shape index (κ2) is 5.31. The third-order valence-electron chi connectivity index (χ3n) is 3.26. The van der Waals surface area contributed by atoms with Gasteiger partial charge in [-0.1, -0.05) is 0 Å². The number of Topliss-reactive ketones (excluding diaryl/α,β-unsaturated/α-hetero) is 1. The molecule has 0 spiro atoms. The molecule has 1 aliphatic rings. The van der Waals surface area contributed by atoms with Crippen molar-refractivity contribution in [1.29, 1.82) is 5.26 Å². The van der Waals surface area contributed by atoms with Gasteiger partial charge in [-0.05, 0) is 24.3 Å². The van der Waals surface area contributed by atoms with Crippen molar-refractivity contribution in [3.8, 4) is 17.6 Å². The van der Waals surface area contributed by atoms with Crippen LogP contribution in [0.25, 0.3) is 0 Å². The van der Waals surface area contributed by atoms with Crippen molar-refractivity contribution < 1.29 is 27.4 Å². The van der Waals surface area contributed by atoms with Crippen LogP contribution in [0.5, 0.6) is 11.5 Å². The van der Waals surface area contributed by atoms with Gasteiger partial charge >= 0.3 is 0 Å². The summed E-state index contributed by atoms with van der Waals surface area (Å²) in [6.45, 7) is 0. The number of hydrogen-bond donors (Lipinski definition) is 2. The Kier molecular flexibility index (Phi) is 3.56. The summed E-state index contributed by atoms with van der Waals surface area (Å²) in [5.41, 5.74) is -0.439. The molecule has 1 aliphatic heterocycles. The average molecular weight is 337 g/mol. The number of carbonyl (C=O) groups excluding carboxylic acids is 1. The van der Waals surface area contributed by atoms with E-state index in [1.54, 1.807) is 6.07 Å². The maximum Gasteiger partial charge on any atom is 0.187 e. The molecule has 0 fully saturated rings. The molecule has 0 aromatic heterocycles. The Labute approximate surface area is 131 Å². The minimum Gasteiger partial charge on any atom is -0.454 e. The van der Waals surface area contributed by atoms with Crippen molar-refractivity contribution >= 4 is 16.4 Å². The topological polar surface area (TPSA) is 90.5 Å². The van der Waals surface area contributed by atoms with Crippen LogP contribution in [0.2, 0.25) is 0 Å². The number of halogens is 2. The predicted molar refractivity (Wildman–Crippen MR) is 77.9 cm³/mol. The van der Waals surface area contributed by atoms with E-state index < -0.39 is 39.3 Å². The molecule has 8 heteroatoms. The molecule has 0 amide bonds. The first-order valence-electron chi connectivity index (χ1n) is 6.32. The molecule has 1 heterocycles. The highest BCUT2D eigenvalue weighted by atomic mass is 32.3. The Hall–Kier alpha value is -2.47. The number of nitrogens with zero attached hydrogens (tertiary/aromatic N) is 1. The number of ketones is 1. The highest BCUT2D eigenvalue weighted by Crippen LogP contribution is 2.56. The van der Waals surface area contributed by atoms with Crippen LogP contribution in [0, 0.1) is 23.0 Å². The van der Waals surface area contributed by atoms with E-state index in [1.807, 2.05) is 0 Å². The molecule has 3 rings (SSSR count). The maximum absolute atomic E-state index is 14.4. The molecule has 0 unspecified atom stereocenters. The van der Waals surface area contributed by atoms with Crippen LogP contribution in [0.3, 0.4) is 0 Å². The zero-order valence-electron chi connectivity index (χ0n) is 11.4. The minimum atomic E-state index is -3.33. The lowest BCUT2D eigenvalue weighted by atomic mass is 10.1. The normalized spacial score (nSPS) is 16.6. The molecule has 2 aromatic carbocycles. The number of fused-ring (bicyclic) bond motifs is 1. The number of carbonyl (C=O) groups is 1. The van der Waals surface area contributed by atoms with Gasteiger partial charge in [0.2, 0.25) is 0 Å². The van der Waals surface area contributed by atoms with E-state index in [1.165, 1.54) is 12.1 Å². The van der Waals surface area contributed by atoms with Crippen molar-refractivity contribution in [1.82, 2.24) is 0 Å². The third kappa shape index (κ3) is 2.66. The fourth-order valence-electron chi connectivity index (χ4n) is 2.30. The quantitative estimate of drug-likeness (QED) is 0.866. The zero-order valence-corrected chi connectivity index (χ0v) is 12.2. The second-order valence-electron chi connectivity index (χ2n) is 4.87. The van der Waals surface area contributed by atoms with Crippen molar-refractivity contribution in [2.24, 2.45) is 0 Å². The number of hydrogen-bond acceptors (Lipinski definition) is 5. The molecule has 0 atom stereocenters. The Bertz CT molecular complexity index is 877. The summed E-state index contributed by atoms with van der Waals surface area (Å²) in [6.07, 6.45) is 0. The Balaban J connectivity index is 2.04. The van der Waals surface area contributed by atoms with Gasteiger partial charge in [0.1, 0.15) is 17.3 Å². The van der Waals surface area contributed by atoms with E-state index in [0.717, 1.165) is 18.2 Å². The molecule has 118 valence electrons. The summed E-state index contributed by atoms with van der Waals surface area (Å²) < 4.78 is 52.5. The highest BCUT2D eigenvalue weighted by molar-refractivity contribution is 8.25. The summed E-state index contributed by atoms with van der Waals surface area (Å²) in [5.74, 6) is -3.57. The Morgan fingerprint density at radius 2 is 1.96 bits per heavy atom. The molecule has 0 radical (unpaired) electrons. The molecule has 2 aromatic rings. The van der Waals surface area contributed by atoms with Gasteiger partial charge in [-0.3, -0.25) is 13.9 Å². The molecular weight excluding hydrogens is 328 g/mol. The fourth-order valence-corrected chi connectivity index (χ4v) is 3.78. The fraction of sp³-hybridized carbons (Fsp3) is 0.0667. The van der Waals surface area contributed by atoms with Crippen LogP contribution in [-0.4, -0.2) is 20.6 Å². The molecule has 0 aliphatic carbocycles. The van der Waals surface area contributed by atoms with E-state index >= 15 is 0 Å². The largest absolute Gasteiger partial charge is 0.454 e. The van der Waals surface area contributed by atoms with Crippen molar-refractivity contribution in [2.75, 3.05) is 5.75 Å². The van der Waals surface area contributed by atoms with Crippen LogP contribution in [0.15, 0.2) is 35.2 Å². The van der Waals surface area contributed by atoms with Gasteiger partial charge in [0.05, 0.1) is 22.1 Å². The summed E-state index contributed by atoms with van der Waals surface area (Å²) in [4.78, 5) is 11.6. The van der Waals surface area contributed by atoms with E-state index in [-0.39, 0.29) is 22.0 Å². The molecular formula is C15H9F2NO4S. The Morgan fingerprint density at radius 1 is 1.22 bits per heavy atom. The molecule has 0 saturated heterocycles. The number of benzene rings is 2. The average Bonchev–Trinajstić information content (AvgIpc) is 2.71. The van der Waals surface area contributed by atoms with Crippen molar-refractivity contribution in [3.05, 3.63) is 53.1 Å². The van der Waals surface area contributed by atoms with E-state index in [4.69, 9.17) is 10.00 Å². The molecule has 2 N–H and O–H groups in total.